The number of hydrogen-bond donors (Lipinski definition) is 1. The molecule has 2 heterocycles. The minimum atomic E-state index is -0.456. The number of aryl methyl sites for hydroxylation is 1. The second-order valence-electron chi connectivity index (χ2n) is 6.34. The second kappa shape index (κ2) is 6.39. The Kier molecular flexibility index (Phi) is 4.77. The normalized spacial score (nSPS) is 15.4. The van der Waals surface area contributed by atoms with Gasteiger partial charge in [-0.2, -0.15) is 0 Å². The van der Waals surface area contributed by atoms with E-state index in [1.807, 2.05) is 33.9 Å². The Morgan fingerprint density at radius 1 is 1.48 bits per heavy atom. The number of fused-ring (bicyclic) bond motifs is 1. The van der Waals surface area contributed by atoms with E-state index in [9.17, 15) is 4.79 Å². The molecule has 6 nitrogen and oxygen atoms in total. The van der Waals surface area contributed by atoms with E-state index in [0.717, 1.165) is 37.6 Å². The summed E-state index contributed by atoms with van der Waals surface area (Å²) >= 11 is 0. The SMILES string of the molecule is Cc1ncc2c(n1)CN(CCNC(=O)OC(C)(C)C)CC2. The highest BCUT2D eigenvalue weighted by Crippen LogP contribution is 2.15. The van der Waals surface area contributed by atoms with Crippen LogP contribution in [0.2, 0.25) is 0 Å². The van der Waals surface area contributed by atoms with E-state index < -0.39 is 5.60 Å². The number of ether oxygens (including phenoxy) is 1. The van der Waals surface area contributed by atoms with Crippen molar-refractivity contribution >= 4 is 6.09 Å². The first-order valence-corrected chi connectivity index (χ1v) is 7.34. The van der Waals surface area contributed by atoms with Crippen molar-refractivity contribution in [3.8, 4) is 0 Å². The van der Waals surface area contributed by atoms with Gasteiger partial charge in [0.1, 0.15) is 11.4 Å². The second-order valence-corrected chi connectivity index (χ2v) is 6.34. The summed E-state index contributed by atoms with van der Waals surface area (Å²) in [5, 5.41) is 2.79. The molecule has 1 aromatic rings. The van der Waals surface area contributed by atoms with Crippen LogP contribution < -0.4 is 5.32 Å². The molecule has 1 N–H and O–H groups in total. The number of aromatic nitrogens is 2. The standard InChI is InChI=1S/C15H24N4O2/c1-11-17-9-12-5-7-19(10-13(12)18-11)8-6-16-14(20)21-15(2,3)4/h9H,5-8,10H2,1-4H3,(H,16,20). The zero-order valence-electron chi connectivity index (χ0n) is 13.3. The molecule has 1 aromatic heterocycles. The van der Waals surface area contributed by atoms with Gasteiger partial charge in [-0.05, 0) is 39.7 Å². The maximum atomic E-state index is 11.6. The Balaban J connectivity index is 1.77. The molecule has 116 valence electrons. The van der Waals surface area contributed by atoms with Gasteiger partial charge < -0.3 is 10.1 Å². The number of rotatable bonds is 3. The maximum Gasteiger partial charge on any atom is 0.407 e. The summed E-state index contributed by atoms with van der Waals surface area (Å²) in [6, 6.07) is 0. The summed E-state index contributed by atoms with van der Waals surface area (Å²) in [5.74, 6) is 0.808. The average Bonchev–Trinajstić information content (AvgIpc) is 2.36. The first-order chi connectivity index (χ1) is 9.83. The molecule has 21 heavy (non-hydrogen) atoms. The van der Waals surface area contributed by atoms with E-state index in [1.165, 1.54) is 5.56 Å². The molecular weight excluding hydrogens is 268 g/mol. The minimum Gasteiger partial charge on any atom is -0.444 e. The highest BCUT2D eigenvalue weighted by atomic mass is 16.6. The van der Waals surface area contributed by atoms with Crippen LogP contribution in [0.3, 0.4) is 0 Å². The lowest BCUT2D eigenvalue weighted by molar-refractivity contribution is 0.0521. The van der Waals surface area contributed by atoms with Crippen molar-refractivity contribution in [1.29, 1.82) is 0 Å². The van der Waals surface area contributed by atoms with Gasteiger partial charge in [-0.1, -0.05) is 0 Å². The Hall–Kier alpha value is -1.69. The monoisotopic (exact) mass is 292 g/mol. The van der Waals surface area contributed by atoms with Crippen LogP contribution in [0.4, 0.5) is 4.79 Å². The average molecular weight is 292 g/mol. The van der Waals surface area contributed by atoms with Gasteiger partial charge in [-0.25, -0.2) is 14.8 Å². The zero-order valence-corrected chi connectivity index (χ0v) is 13.3. The number of amides is 1. The zero-order chi connectivity index (χ0) is 15.5. The summed E-state index contributed by atoms with van der Waals surface area (Å²) in [5.41, 5.74) is 1.88. The third kappa shape index (κ3) is 4.97. The van der Waals surface area contributed by atoms with Gasteiger partial charge in [-0.3, -0.25) is 4.90 Å². The molecule has 0 aliphatic carbocycles. The van der Waals surface area contributed by atoms with Gasteiger partial charge >= 0.3 is 6.09 Å². The molecular formula is C15H24N4O2. The van der Waals surface area contributed by atoms with Crippen molar-refractivity contribution in [3.05, 3.63) is 23.3 Å². The molecule has 6 heteroatoms. The Morgan fingerprint density at radius 2 is 2.24 bits per heavy atom. The van der Waals surface area contributed by atoms with E-state index in [1.54, 1.807) is 0 Å². The number of carbonyl (C=O) groups is 1. The fraction of sp³-hybridized carbons (Fsp3) is 0.667. The van der Waals surface area contributed by atoms with E-state index in [2.05, 4.69) is 20.2 Å². The molecule has 1 aliphatic rings. The van der Waals surface area contributed by atoms with Gasteiger partial charge in [-0.15, -0.1) is 0 Å². The predicted molar refractivity (Wildman–Crippen MR) is 80.0 cm³/mol. The summed E-state index contributed by atoms with van der Waals surface area (Å²) in [4.78, 5) is 22.6. The molecule has 0 atom stereocenters. The molecule has 1 aliphatic heterocycles. The highest BCUT2D eigenvalue weighted by molar-refractivity contribution is 5.67. The number of nitrogens with zero attached hydrogens (tertiary/aromatic N) is 3. The van der Waals surface area contributed by atoms with Crippen LogP contribution in [0.15, 0.2) is 6.20 Å². The fourth-order valence-corrected chi connectivity index (χ4v) is 2.28. The van der Waals surface area contributed by atoms with Crippen molar-refractivity contribution in [2.75, 3.05) is 19.6 Å². The minimum absolute atomic E-state index is 0.363. The van der Waals surface area contributed by atoms with Crippen molar-refractivity contribution < 1.29 is 9.53 Å². The number of hydrogen-bond acceptors (Lipinski definition) is 5. The van der Waals surface area contributed by atoms with E-state index in [-0.39, 0.29) is 6.09 Å². The smallest absolute Gasteiger partial charge is 0.407 e. The molecule has 2 rings (SSSR count). The third-order valence-electron chi connectivity index (χ3n) is 3.24. The van der Waals surface area contributed by atoms with E-state index in [4.69, 9.17) is 4.74 Å². The van der Waals surface area contributed by atoms with Crippen LogP contribution in [-0.2, 0) is 17.7 Å². The largest absolute Gasteiger partial charge is 0.444 e. The van der Waals surface area contributed by atoms with Crippen LogP contribution in [0.5, 0.6) is 0 Å². The fourth-order valence-electron chi connectivity index (χ4n) is 2.28. The Bertz CT molecular complexity index is 511. The van der Waals surface area contributed by atoms with Gasteiger partial charge in [0, 0.05) is 32.4 Å². The lowest BCUT2D eigenvalue weighted by Gasteiger charge is -2.28. The number of nitrogens with one attached hydrogen (secondary N) is 1. The summed E-state index contributed by atoms with van der Waals surface area (Å²) in [7, 11) is 0. The van der Waals surface area contributed by atoms with Crippen molar-refractivity contribution in [3.63, 3.8) is 0 Å². The molecule has 0 bridgehead atoms. The summed E-state index contributed by atoms with van der Waals surface area (Å²) in [6.45, 7) is 10.6. The van der Waals surface area contributed by atoms with Gasteiger partial charge in [0.25, 0.3) is 0 Å². The summed E-state index contributed by atoms with van der Waals surface area (Å²) < 4.78 is 5.21. The number of carbonyl (C=O) groups excluding carboxylic acids is 1. The van der Waals surface area contributed by atoms with E-state index in [0.29, 0.717) is 6.54 Å². The molecule has 0 saturated heterocycles. The first-order valence-electron chi connectivity index (χ1n) is 7.34. The van der Waals surface area contributed by atoms with E-state index >= 15 is 0 Å². The lowest BCUT2D eigenvalue weighted by Crippen LogP contribution is -2.40. The van der Waals surface area contributed by atoms with Gasteiger partial charge in [0.05, 0.1) is 5.69 Å². The molecule has 1 amide bonds. The van der Waals surface area contributed by atoms with Gasteiger partial charge in [0.2, 0.25) is 0 Å². The molecule has 0 aromatic carbocycles. The van der Waals surface area contributed by atoms with Crippen LogP contribution in [0.1, 0.15) is 37.9 Å². The molecule has 0 saturated carbocycles. The van der Waals surface area contributed by atoms with Crippen LogP contribution >= 0.6 is 0 Å². The maximum absolute atomic E-state index is 11.6. The Morgan fingerprint density at radius 3 is 2.95 bits per heavy atom. The van der Waals surface area contributed by atoms with Crippen molar-refractivity contribution in [2.24, 2.45) is 0 Å². The molecule has 0 spiro atoms. The topological polar surface area (TPSA) is 67.4 Å². The molecule has 0 radical (unpaired) electrons. The van der Waals surface area contributed by atoms with Crippen LogP contribution in [-0.4, -0.2) is 46.2 Å². The quantitative estimate of drug-likeness (QED) is 0.918. The molecule has 0 unspecified atom stereocenters. The van der Waals surface area contributed by atoms with Crippen LogP contribution in [0.25, 0.3) is 0 Å². The van der Waals surface area contributed by atoms with Crippen LogP contribution in [0, 0.1) is 6.92 Å². The molecule has 0 fully saturated rings. The van der Waals surface area contributed by atoms with Crippen molar-refractivity contribution in [1.82, 2.24) is 20.2 Å². The van der Waals surface area contributed by atoms with Crippen molar-refractivity contribution in [2.45, 2.75) is 46.3 Å². The summed E-state index contributed by atoms with van der Waals surface area (Å²) in [6.07, 6.45) is 2.52. The Labute approximate surface area is 125 Å². The first kappa shape index (κ1) is 15.7. The number of alkyl carbamates (subject to hydrolysis) is 1. The lowest BCUT2D eigenvalue weighted by atomic mass is 10.1. The van der Waals surface area contributed by atoms with Gasteiger partial charge in [0.15, 0.2) is 0 Å². The highest BCUT2D eigenvalue weighted by Gasteiger charge is 2.19. The predicted octanol–water partition coefficient (Wildman–Crippen LogP) is 1.67. The third-order valence-corrected chi connectivity index (χ3v) is 3.24.